The molecule has 0 saturated heterocycles. The van der Waals surface area contributed by atoms with Crippen LogP contribution in [0.15, 0.2) is 48.5 Å². The second kappa shape index (κ2) is 6.36. The smallest absolute Gasteiger partial charge is 0.258 e. The number of hydrogen-bond donors (Lipinski definition) is 0. The fourth-order valence-corrected chi connectivity index (χ4v) is 2.27. The topological polar surface area (TPSA) is 44.1 Å². The van der Waals surface area contributed by atoms with E-state index in [9.17, 15) is 4.79 Å². The molecule has 0 aromatic heterocycles. The van der Waals surface area contributed by atoms with E-state index >= 15 is 0 Å². The Kier molecular flexibility index (Phi) is 4.54. The zero-order valence-corrected chi connectivity index (χ0v) is 12.6. The summed E-state index contributed by atoms with van der Waals surface area (Å²) in [5.74, 6) is -0.131. The van der Waals surface area contributed by atoms with Gasteiger partial charge in [0, 0.05) is 17.9 Å². The molecule has 0 atom stereocenters. The molecule has 0 bridgehead atoms. The van der Waals surface area contributed by atoms with Crippen molar-refractivity contribution in [2.45, 2.75) is 5.33 Å². The summed E-state index contributed by atoms with van der Waals surface area (Å²) >= 11 is 3.37. The van der Waals surface area contributed by atoms with E-state index in [0.717, 1.165) is 10.9 Å². The van der Waals surface area contributed by atoms with Gasteiger partial charge in [-0.3, -0.25) is 4.79 Å². The molecule has 2 aromatic rings. The van der Waals surface area contributed by atoms with Crippen LogP contribution in [0.3, 0.4) is 0 Å². The maximum Gasteiger partial charge on any atom is 0.258 e. The summed E-state index contributed by atoms with van der Waals surface area (Å²) in [6.07, 6.45) is 0. The van der Waals surface area contributed by atoms with Gasteiger partial charge in [-0.1, -0.05) is 40.2 Å². The Morgan fingerprint density at radius 1 is 1.20 bits per heavy atom. The van der Waals surface area contributed by atoms with Crippen LogP contribution in [-0.2, 0) is 5.33 Å². The van der Waals surface area contributed by atoms with E-state index in [4.69, 9.17) is 5.26 Å². The van der Waals surface area contributed by atoms with Gasteiger partial charge in [0.25, 0.3) is 5.91 Å². The van der Waals surface area contributed by atoms with Gasteiger partial charge >= 0.3 is 0 Å². The molecule has 20 heavy (non-hydrogen) atoms. The number of carbonyl (C=O) groups excluding carboxylic acids is 1. The molecule has 0 N–H and O–H groups in total. The Bertz CT molecular complexity index is 659. The summed E-state index contributed by atoms with van der Waals surface area (Å²) < 4.78 is 0. The first-order valence-electron chi connectivity index (χ1n) is 6.09. The Labute approximate surface area is 126 Å². The highest BCUT2D eigenvalue weighted by molar-refractivity contribution is 9.08. The monoisotopic (exact) mass is 328 g/mol. The molecule has 2 aromatic carbocycles. The summed E-state index contributed by atoms with van der Waals surface area (Å²) in [4.78, 5) is 13.9. The quantitative estimate of drug-likeness (QED) is 0.806. The lowest BCUT2D eigenvalue weighted by atomic mass is 10.1. The van der Waals surface area contributed by atoms with Crippen LogP contribution in [0.1, 0.15) is 21.5 Å². The molecular weight excluding hydrogens is 316 g/mol. The van der Waals surface area contributed by atoms with Crippen LogP contribution < -0.4 is 4.90 Å². The van der Waals surface area contributed by atoms with E-state index in [-0.39, 0.29) is 5.91 Å². The van der Waals surface area contributed by atoms with E-state index in [1.54, 1.807) is 37.4 Å². The van der Waals surface area contributed by atoms with Crippen LogP contribution in [0.5, 0.6) is 0 Å². The normalized spacial score (nSPS) is 9.85. The molecule has 0 aliphatic heterocycles. The average Bonchev–Trinajstić information content (AvgIpc) is 2.53. The fraction of sp³-hybridized carbons (Fsp3) is 0.125. The molecule has 0 aliphatic carbocycles. The molecule has 0 fully saturated rings. The van der Waals surface area contributed by atoms with E-state index in [1.165, 1.54) is 4.90 Å². The van der Waals surface area contributed by atoms with Crippen molar-refractivity contribution in [3.05, 3.63) is 65.2 Å². The van der Waals surface area contributed by atoms with Gasteiger partial charge in [0.05, 0.1) is 11.3 Å². The third-order valence-corrected chi connectivity index (χ3v) is 3.69. The maximum atomic E-state index is 12.4. The Hall–Kier alpha value is -2.12. The number of benzene rings is 2. The first-order valence-corrected chi connectivity index (χ1v) is 7.21. The predicted octanol–water partition coefficient (Wildman–Crippen LogP) is 3.73. The van der Waals surface area contributed by atoms with E-state index in [1.807, 2.05) is 18.2 Å². The first-order chi connectivity index (χ1) is 9.67. The minimum Gasteiger partial charge on any atom is -0.310 e. The van der Waals surface area contributed by atoms with Crippen molar-refractivity contribution in [3.8, 4) is 6.07 Å². The van der Waals surface area contributed by atoms with Gasteiger partial charge in [0.1, 0.15) is 6.07 Å². The largest absolute Gasteiger partial charge is 0.310 e. The lowest BCUT2D eigenvalue weighted by Crippen LogP contribution is -2.26. The van der Waals surface area contributed by atoms with Crippen LogP contribution in [0.25, 0.3) is 0 Å². The lowest BCUT2D eigenvalue weighted by Gasteiger charge is -2.18. The van der Waals surface area contributed by atoms with Crippen molar-refractivity contribution >= 4 is 27.5 Å². The number of rotatable bonds is 3. The Morgan fingerprint density at radius 3 is 2.45 bits per heavy atom. The van der Waals surface area contributed by atoms with Crippen molar-refractivity contribution in [1.29, 1.82) is 5.26 Å². The van der Waals surface area contributed by atoms with E-state index in [2.05, 4.69) is 22.0 Å². The van der Waals surface area contributed by atoms with Crippen LogP contribution in [-0.4, -0.2) is 13.0 Å². The van der Waals surface area contributed by atoms with Gasteiger partial charge in [-0.15, -0.1) is 0 Å². The number of hydrogen-bond acceptors (Lipinski definition) is 2. The van der Waals surface area contributed by atoms with Gasteiger partial charge in [-0.2, -0.15) is 5.26 Å². The maximum absolute atomic E-state index is 12.4. The molecule has 0 unspecified atom stereocenters. The molecule has 0 radical (unpaired) electrons. The SMILES string of the molecule is CN(C(=O)c1ccc(CBr)cc1)c1ccccc1C#N. The van der Waals surface area contributed by atoms with Crippen molar-refractivity contribution < 1.29 is 4.79 Å². The highest BCUT2D eigenvalue weighted by Crippen LogP contribution is 2.20. The molecule has 0 heterocycles. The van der Waals surface area contributed by atoms with Crippen molar-refractivity contribution in [3.63, 3.8) is 0 Å². The number of anilines is 1. The van der Waals surface area contributed by atoms with Gasteiger partial charge in [0.15, 0.2) is 0 Å². The molecule has 0 spiro atoms. The summed E-state index contributed by atoms with van der Waals surface area (Å²) in [6, 6.07) is 16.6. The first kappa shape index (κ1) is 14.3. The van der Waals surface area contributed by atoms with E-state index in [0.29, 0.717) is 16.8 Å². The molecule has 1 amide bonds. The molecular formula is C16H13BrN2O. The van der Waals surface area contributed by atoms with Gasteiger partial charge in [-0.25, -0.2) is 0 Å². The summed E-state index contributed by atoms with van der Waals surface area (Å²) in [6.45, 7) is 0. The van der Waals surface area contributed by atoms with Gasteiger partial charge < -0.3 is 4.90 Å². The Balaban J connectivity index is 2.30. The van der Waals surface area contributed by atoms with Crippen LogP contribution in [0.2, 0.25) is 0 Å². The zero-order chi connectivity index (χ0) is 14.5. The van der Waals surface area contributed by atoms with Crippen LogP contribution in [0.4, 0.5) is 5.69 Å². The number of halogens is 1. The average molecular weight is 329 g/mol. The highest BCUT2D eigenvalue weighted by atomic mass is 79.9. The number of nitriles is 1. The molecule has 0 aliphatic rings. The molecule has 3 nitrogen and oxygen atoms in total. The zero-order valence-electron chi connectivity index (χ0n) is 11.0. The second-order valence-electron chi connectivity index (χ2n) is 4.32. The second-order valence-corrected chi connectivity index (χ2v) is 4.88. The highest BCUT2D eigenvalue weighted by Gasteiger charge is 2.15. The molecule has 2 rings (SSSR count). The van der Waals surface area contributed by atoms with E-state index < -0.39 is 0 Å². The number of alkyl halides is 1. The van der Waals surface area contributed by atoms with Crippen molar-refractivity contribution in [1.82, 2.24) is 0 Å². The van der Waals surface area contributed by atoms with Crippen molar-refractivity contribution in [2.75, 3.05) is 11.9 Å². The summed E-state index contributed by atoms with van der Waals surface area (Å²) in [5.41, 5.74) is 2.82. The van der Waals surface area contributed by atoms with Crippen LogP contribution >= 0.6 is 15.9 Å². The molecule has 4 heteroatoms. The third-order valence-electron chi connectivity index (χ3n) is 3.05. The predicted molar refractivity (Wildman–Crippen MR) is 83.0 cm³/mol. The van der Waals surface area contributed by atoms with Gasteiger partial charge in [0.2, 0.25) is 0 Å². The van der Waals surface area contributed by atoms with Crippen LogP contribution in [0, 0.1) is 11.3 Å². The molecule has 0 saturated carbocycles. The standard InChI is InChI=1S/C16H13BrN2O/c1-19(15-5-3-2-4-14(15)11-18)16(20)13-8-6-12(10-17)7-9-13/h2-9H,10H2,1H3. The summed E-state index contributed by atoms with van der Waals surface area (Å²) in [7, 11) is 1.68. The van der Waals surface area contributed by atoms with Crippen molar-refractivity contribution in [2.24, 2.45) is 0 Å². The number of nitrogens with zero attached hydrogens (tertiary/aromatic N) is 2. The minimum atomic E-state index is -0.131. The number of carbonyl (C=O) groups is 1. The summed E-state index contributed by atoms with van der Waals surface area (Å²) in [5, 5.41) is 9.85. The minimum absolute atomic E-state index is 0.131. The number of para-hydroxylation sites is 1. The fourth-order valence-electron chi connectivity index (χ4n) is 1.90. The van der Waals surface area contributed by atoms with Gasteiger partial charge in [-0.05, 0) is 29.8 Å². The molecule has 100 valence electrons. The Morgan fingerprint density at radius 2 is 1.85 bits per heavy atom. The number of amides is 1. The lowest BCUT2D eigenvalue weighted by molar-refractivity contribution is 0.0993. The third kappa shape index (κ3) is 2.89.